The van der Waals surface area contributed by atoms with Gasteiger partial charge in [-0.05, 0) is 37.8 Å². The first kappa shape index (κ1) is 12.3. The van der Waals surface area contributed by atoms with Crippen LogP contribution < -0.4 is 0 Å². The summed E-state index contributed by atoms with van der Waals surface area (Å²) in [6.07, 6.45) is 2.19. The molecule has 0 aromatic carbocycles. The lowest BCUT2D eigenvalue weighted by molar-refractivity contribution is 0.0930. The number of nitrogens with zero attached hydrogens (tertiary/aromatic N) is 1. The third kappa shape index (κ3) is 3.76. The highest BCUT2D eigenvalue weighted by Gasteiger charge is 2.22. The molecule has 0 spiro atoms. The average Bonchev–Trinajstić information content (AvgIpc) is 2.18. The molecular formula is C11H22ClNO. The molecule has 0 aliphatic carbocycles. The second kappa shape index (κ2) is 5.94. The Bertz CT molecular complexity index is 155. The van der Waals surface area contributed by atoms with Gasteiger partial charge in [0.2, 0.25) is 0 Å². The van der Waals surface area contributed by atoms with Gasteiger partial charge in [-0.2, -0.15) is 0 Å². The summed E-state index contributed by atoms with van der Waals surface area (Å²) in [4.78, 5) is 2.33. The van der Waals surface area contributed by atoms with Crippen molar-refractivity contribution >= 4 is 11.6 Å². The van der Waals surface area contributed by atoms with E-state index in [-0.39, 0.29) is 6.10 Å². The van der Waals surface area contributed by atoms with E-state index in [1.807, 2.05) is 0 Å². The van der Waals surface area contributed by atoms with Crippen LogP contribution in [0.3, 0.4) is 0 Å². The predicted molar refractivity (Wildman–Crippen MR) is 60.7 cm³/mol. The third-order valence-electron chi connectivity index (χ3n) is 3.22. The van der Waals surface area contributed by atoms with Crippen molar-refractivity contribution in [2.75, 3.05) is 25.5 Å². The van der Waals surface area contributed by atoms with Crippen LogP contribution in [0.4, 0.5) is 0 Å². The van der Waals surface area contributed by atoms with Crippen molar-refractivity contribution in [1.82, 2.24) is 4.90 Å². The zero-order valence-electron chi connectivity index (χ0n) is 9.25. The quantitative estimate of drug-likeness (QED) is 0.731. The monoisotopic (exact) mass is 219 g/mol. The number of aliphatic hydroxyl groups excluding tert-OH is 1. The third-order valence-corrected chi connectivity index (χ3v) is 3.58. The van der Waals surface area contributed by atoms with E-state index in [2.05, 4.69) is 18.7 Å². The average molecular weight is 220 g/mol. The molecule has 0 aromatic heterocycles. The first-order valence-corrected chi connectivity index (χ1v) is 6.13. The summed E-state index contributed by atoms with van der Waals surface area (Å²) < 4.78 is 0. The van der Waals surface area contributed by atoms with Crippen molar-refractivity contribution in [2.45, 2.75) is 32.8 Å². The number of β-amino-alcohol motifs (C(OH)–C–C–N with tert-alkyl or cyclic N) is 1. The number of hydrogen-bond donors (Lipinski definition) is 1. The van der Waals surface area contributed by atoms with Gasteiger partial charge in [-0.3, -0.25) is 0 Å². The van der Waals surface area contributed by atoms with Gasteiger partial charge in [0.15, 0.2) is 0 Å². The summed E-state index contributed by atoms with van der Waals surface area (Å²) in [5.74, 6) is 2.03. The van der Waals surface area contributed by atoms with E-state index >= 15 is 0 Å². The lowest BCUT2D eigenvalue weighted by Crippen LogP contribution is -2.40. The van der Waals surface area contributed by atoms with Gasteiger partial charge in [0.25, 0.3) is 0 Å². The minimum absolute atomic E-state index is 0.351. The molecule has 1 aliphatic heterocycles. The van der Waals surface area contributed by atoms with Gasteiger partial charge in [0.05, 0.1) is 6.10 Å². The summed E-state index contributed by atoms with van der Waals surface area (Å²) in [5, 5.41) is 9.41. The van der Waals surface area contributed by atoms with Crippen molar-refractivity contribution in [3.8, 4) is 0 Å². The summed E-state index contributed by atoms with van der Waals surface area (Å²) in [7, 11) is 0. The predicted octanol–water partition coefficient (Wildman–Crippen LogP) is 1.95. The number of rotatable bonds is 4. The van der Waals surface area contributed by atoms with Crippen LogP contribution in [0, 0.1) is 11.8 Å². The minimum atomic E-state index is -0.354. The van der Waals surface area contributed by atoms with Crippen LogP contribution in [0.1, 0.15) is 26.7 Å². The Morgan fingerprint density at radius 1 is 1.36 bits per heavy atom. The van der Waals surface area contributed by atoms with Crippen molar-refractivity contribution < 1.29 is 5.11 Å². The van der Waals surface area contributed by atoms with E-state index in [0.29, 0.717) is 5.88 Å². The molecule has 1 rings (SSSR count). The Morgan fingerprint density at radius 3 is 2.36 bits per heavy atom. The molecule has 0 saturated carbocycles. The Labute approximate surface area is 92.2 Å². The van der Waals surface area contributed by atoms with Gasteiger partial charge in [-0.15, -0.1) is 11.6 Å². The van der Waals surface area contributed by atoms with E-state index in [1.165, 1.54) is 12.8 Å². The number of hydrogen-bond acceptors (Lipinski definition) is 2. The van der Waals surface area contributed by atoms with Crippen molar-refractivity contribution in [3.05, 3.63) is 0 Å². The number of aliphatic hydroxyl groups is 1. The second-order valence-corrected chi connectivity index (χ2v) is 5.00. The van der Waals surface area contributed by atoms with E-state index in [9.17, 15) is 5.11 Å². The molecule has 0 radical (unpaired) electrons. The fraction of sp³-hybridized carbons (Fsp3) is 1.00. The lowest BCUT2D eigenvalue weighted by atomic mass is 9.87. The Kier molecular flexibility index (Phi) is 5.21. The van der Waals surface area contributed by atoms with E-state index in [0.717, 1.165) is 31.5 Å². The Balaban J connectivity index is 2.22. The first-order valence-electron chi connectivity index (χ1n) is 5.60. The van der Waals surface area contributed by atoms with Crippen molar-refractivity contribution in [3.63, 3.8) is 0 Å². The maximum atomic E-state index is 9.41. The van der Waals surface area contributed by atoms with Crippen LogP contribution in [0.15, 0.2) is 0 Å². The van der Waals surface area contributed by atoms with Crippen LogP contribution in [-0.2, 0) is 0 Å². The first-order chi connectivity index (χ1) is 6.63. The number of halogens is 1. The molecule has 1 aliphatic rings. The molecular weight excluding hydrogens is 198 g/mol. The standard InChI is InChI=1S/C11H22ClNO/c1-9(2)10-3-5-13(6-4-10)8-11(14)7-12/h9-11,14H,3-8H2,1-2H3. The highest BCUT2D eigenvalue weighted by atomic mass is 35.5. The molecule has 1 fully saturated rings. The molecule has 84 valence electrons. The van der Waals surface area contributed by atoms with Crippen LogP contribution in [0.2, 0.25) is 0 Å². The molecule has 1 heterocycles. The van der Waals surface area contributed by atoms with Crippen LogP contribution >= 0.6 is 11.6 Å². The zero-order valence-corrected chi connectivity index (χ0v) is 10.0. The molecule has 0 bridgehead atoms. The smallest absolute Gasteiger partial charge is 0.0802 e. The molecule has 1 unspecified atom stereocenters. The number of piperidine rings is 1. The topological polar surface area (TPSA) is 23.5 Å². The second-order valence-electron chi connectivity index (χ2n) is 4.69. The van der Waals surface area contributed by atoms with Gasteiger partial charge < -0.3 is 10.0 Å². The largest absolute Gasteiger partial charge is 0.391 e. The molecule has 0 aromatic rings. The highest BCUT2D eigenvalue weighted by Crippen LogP contribution is 2.24. The lowest BCUT2D eigenvalue weighted by Gasteiger charge is -2.34. The summed E-state index contributed by atoms with van der Waals surface area (Å²) in [6.45, 7) is 7.59. The Morgan fingerprint density at radius 2 is 1.93 bits per heavy atom. The summed E-state index contributed by atoms with van der Waals surface area (Å²) in [5.41, 5.74) is 0. The number of likely N-dealkylation sites (tertiary alicyclic amines) is 1. The van der Waals surface area contributed by atoms with Crippen molar-refractivity contribution in [1.29, 1.82) is 0 Å². The maximum Gasteiger partial charge on any atom is 0.0802 e. The fourth-order valence-corrected chi connectivity index (χ4v) is 2.25. The molecule has 1 N–H and O–H groups in total. The van der Waals surface area contributed by atoms with Crippen LogP contribution in [-0.4, -0.2) is 41.6 Å². The number of alkyl halides is 1. The maximum absolute atomic E-state index is 9.41. The fourth-order valence-electron chi connectivity index (χ4n) is 2.15. The summed E-state index contributed by atoms with van der Waals surface area (Å²) in [6, 6.07) is 0. The SMILES string of the molecule is CC(C)C1CCN(CC(O)CCl)CC1. The highest BCUT2D eigenvalue weighted by molar-refractivity contribution is 6.18. The molecule has 3 heteroatoms. The van der Waals surface area contributed by atoms with Gasteiger partial charge in [0.1, 0.15) is 0 Å². The normalized spacial score (nSPS) is 22.9. The molecule has 1 saturated heterocycles. The Hall–Kier alpha value is 0.210. The molecule has 1 atom stereocenters. The van der Waals surface area contributed by atoms with Gasteiger partial charge in [0, 0.05) is 12.4 Å². The summed E-state index contributed by atoms with van der Waals surface area (Å²) >= 11 is 5.57. The van der Waals surface area contributed by atoms with E-state index in [1.54, 1.807) is 0 Å². The molecule has 0 amide bonds. The van der Waals surface area contributed by atoms with Crippen LogP contribution in [0.5, 0.6) is 0 Å². The van der Waals surface area contributed by atoms with E-state index < -0.39 is 0 Å². The molecule has 2 nitrogen and oxygen atoms in total. The van der Waals surface area contributed by atoms with Gasteiger partial charge in [-0.25, -0.2) is 0 Å². The van der Waals surface area contributed by atoms with E-state index in [4.69, 9.17) is 11.6 Å². The minimum Gasteiger partial charge on any atom is -0.391 e. The van der Waals surface area contributed by atoms with Crippen molar-refractivity contribution in [2.24, 2.45) is 11.8 Å². The zero-order chi connectivity index (χ0) is 10.6. The van der Waals surface area contributed by atoms with Gasteiger partial charge in [-0.1, -0.05) is 13.8 Å². The van der Waals surface area contributed by atoms with Crippen LogP contribution in [0.25, 0.3) is 0 Å². The van der Waals surface area contributed by atoms with Gasteiger partial charge >= 0.3 is 0 Å². The molecule has 14 heavy (non-hydrogen) atoms.